The van der Waals surface area contributed by atoms with E-state index in [4.69, 9.17) is 15.9 Å². The van der Waals surface area contributed by atoms with Crippen LogP contribution in [0.15, 0.2) is 12.1 Å². The summed E-state index contributed by atoms with van der Waals surface area (Å²) in [4.78, 5) is 0. The predicted molar refractivity (Wildman–Crippen MR) is 42.7 cm³/mol. The summed E-state index contributed by atoms with van der Waals surface area (Å²) in [6.07, 6.45) is 0. The van der Waals surface area contributed by atoms with Crippen LogP contribution in [0, 0.1) is 5.82 Å². The zero-order chi connectivity index (χ0) is 9.14. The van der Waals surface area contributed by atoms with Crippen LogP contribution >= 0.6 is 0 Å². The van der Waals surface area contributed by atoms with Crippen molar-refractivity contribution in [2.45, 2.75) is 13.2 Å². The first-order chi connectivity index (χ1) is 5.69. The van der Waals surface area contributed by atoms with Gasteiger partial charge in [0, 0.05) is 16.8 Å². The molecule has 0 fully saturated rings. The van der Waals surface area contributed by atoms with Crippen molar-refractivity contribution in [3.05, 3.63) is 29.1 Å². The number of hydrogen-bond acceptors (Lipinski definition) is 3. The largest absolute Gasteiger partial charge is 0.399 e. The molecule has 0 aliphatic heterocycles. The Morgan fingerprint density at radius 2 is 1.58 bits per heavy atom. The lowest BCUT2D eigenvalue weighted by molar-refractivity contribution is 0.264. The Balaban J connectivity index is 3.22. The first kappa shape index (κ1) is 8.96. The topological polar surface area (TPSA) is 66.5 Å². The van der Waals surface area contributed by atoms with Crippen LogP contribution < -0.4 is 5.73 Å². The molecule has 0 aliphatic rings. The molecule has 0 unspecified atom stereocenters. The Morgan fingerprint density at radius 1 is 1.17 bits per heavy atom. The summed E-state index contributed by atoms with van der Waals surface area (Å²) in [5.41, 5.74) is 5.95. The number of hydrogen-bond donors (Lipinski definition) is 3. The lowest BCUT2D eigenvalue weighted by Crippen LogP contribution is -1.99. The quantitative estimate of drug-likeness (QED) is 0.564. The average Bonchev–Trinajstić information content (AvgIpc) is 2.08. The maximum atomic E-state index is 13.1. The summed E-state index contributed by atoms with van der Waals surface area (Å²) in [6.45, 7) is -0.826. The highest BCUT2D eigenvalue weighted by atomic mass is 19.1. The second kappa shape index (κ2) is 3.51. The van der Waals surface area contributed by atoms with E-state index in [-0.39, 0.29) is 11.1 Å². The Morgan fingerprint density at radius 3 is 1.92 bits per heavy atom. The van der Waals surface area contributed by atoms with Gasteiger partial charge in [0.2, 0.25) is 0 Å². The van der Waals surface area contributed by atoms with Crippen LogP contribution in [0.2, 0.25) is 0 Å². The minimum Gasteiger partial charge on any atom is -0.399 e. The lowest BCUT2D eigenvalue weighted by Gasteiger charge is -2.05. The van der Waals surface area contributed by atoms with Gasteiger partial charge < -0.3 is 15.9 Å². The van der Waals surface area contributed by atoms with Crippen molar-refractivity contribution in [1.82, 2.24) is 0 Å². The number of benzene rings is 1. The summed E-state index contributed by atoms with van der Waals surface area (Å²) < 4.78 is 13.1. The standard InChI is InChI=1S/C8H10FNO2/c9-8-5(3-11)1-7(10)2-6(8)4-12/h1-2,11-12H,3-4,10H2. The number of anilines is 1. The van der Waals surface area contributed by atoms with Gasteiger partial charge in [0.1, 0.15) is 5.82 Å². The van der Waals surface area contributed by atoms with E-state index >= 15 is 0 Å². The molecule has 4 heteroatoms. The minimum atomic E-state index is -0.589. The van der Waals surface area contributed by atoms with E-state index in [1.807, 2.05) is 0 Å². The van der Waals surface area contributed by atoms with Gasteiger partial charge in [-0.05, 0) is 12.1 Å². The van der Waals surface area contributed by atoms with E-state index in [2.05, 4.69) is 0 Å². The molecular formula is C8H10FNO2. The van der Waals surface area contributed by atoms with E-state index in [0.29, 0.717) is 5.69 Å². The molecule has 0 aromatic heterocycles. The number of rotatable bonds is 2. The molecule has 3 nitrogen and oxygen atoms in total. The van der Waals surface area contributed by atoms with Gasteiger partial charge >= 0.3 is 0 Å². The molecule has 0 heterocycles. The van der Waals surface area contributed by atoms with E-state index < -0.39 is 19.0 Å². The summed E-state index contributed by atoms with van der Waals surface area (Å²) in [5.74, 6) is -0.589. The molecule has 66 valence electrons. The average molecular weight is 171 g/mol. The fraction of sp³-hybridized carbons (Fsp3) is 0.250. The van der Waals surface area contributed by atoms with E-state index in [0.717, 1.165) is 0 Å². The zero-order valence-corrected chi connectivity index (χ0v) is 6.42. The van der Waals surface area contributed by atoms with Crippen LogP contribution in [0.5, 0.6) is 0 Å². The second-order valence-corrected chi connectivity index (χ2v) is 2.47. The second-order valence-electron chi connectivity index (χ2n) is 2.47. The Hall–Kier alpha value is -1.13. The first-order valence-corrected chi connectivity index (χ1v) is 3.47. The van der Waals surface area contributed by atoms with Gasteiger partial charge in [-0.1, -0.05) is 0 Å². The molecule has 1 rings (SSSR count). The molecule has 0 aliphatic carbocycles. The van der Waals surface area contributed by atoms with Crippen molar-refractivity contribution < 1.29 is 14.6 Å². The zero-order valence-electron chi connectivity index (χ0n) is 6.42. The van der Waals surface area contributed by atoms with Crippen molar-refractivity contribution in [1.29, 1.82) is 0 Å². The first-order valence-electron chi connectivity index (χ1n) is 3.47. The third-order valence-electron chi connectivity index (χ3n) is 1.59. The molecule has 0 atom stereocenters. The maximum Gasteiger partial charge on any atom is 0.134 e. The molecule has 0 saturated carbocycles. The molecule has 0 radical (unpaired) electrons. The highest BCUT2D eigenvalue weighted by molar-refractivity contribution is 5.45. The molecule has 1 aromatic rings. The van der Waals surface area contributed by atoms with Gasteiger partial charge in [-0.15, -0.1) is 0 Å². The Labute approximate surface area is 69.3 Å². The van der Waals surface area contributed by atoms with E-state index in [9.17, 15) is 4.39 Å². The number of nitrogen functional groups attached to an aromatic ring is 1. The Kier molecular flexibility index (Phi) is 2.62. The van der Waals surface area contributed by atoms with Gasteiger partial charge in [0.25, 0.3) is 0 Å². The normalized spacial score (nSPS) is 10.2. The van der Waals surface area contributed by atoms with Gasteiger partial charge in [0.15, 0.2) is 0 Å². The Bertz CT molecular complexity index is 263. The molecule has 0 amide bonds. The lowest BCUT2D eigenvalue weighted by atomic mass is 10.1. The van der Waals surface area contributed by atoms with Crippen molar-refractivity contribution in [3.8, 4) is 0 Å². The van der Waals surface area contributed by atoms with Gasteiger partial charge in [-0.3, -0.25) is 0 Å². The molecule has 0 saturated heterocycles. The van der Waals surface area contributed by atoms with Crippen LogP contribution in [0.4, 0.5) is 10.1 Å². The van der Waals surface area contributed by atoms with Gasteiger partial charge in [0.05, 0.1) is 13.2 Å². The summed E-state index contributed by atoms with van der Waals surface area (Å²) in [7, 11) is 0. The van der Waals surface area contributed by atoms with E-state index in [1.54, 1.807) is 0 Å². The van der Waals surface area contributed by atoms with Crippen molar-refractivity contribution >= 4 is 5.69 Å². The van der Waals surface area contributed by atoms with Crippen LogP contribution in [0.3, 0.4) is 0 Å². The smallest absolute Gasteiger partial charge is 0.134 e. The summed E-state index contributed by atoms with van der Waals surface area (Å²) in [6, 6.07) is 2.68. The van der Waals surface area contributed by atoms with Crippen LogP contribution in [0.25, 0.3) is 0 Å². The van der Waals surface area contributed by atoms with Gasteiger partial charge in [-0.2, -0.15) is 0 Å². The molecular weight excluding hydrogens is 161 g/mol. The fourth-order valence-electron chi connectivity index (χ4n) is 1.01. The van der Waals surface area contributed by atoms with Crippen LogP contribution in [0.1, 0.15) is 11.1 Å². The van der Waals surface area contributed by atoms with Crippen molar-refractivity contribution in [3.63, 3.8) is 0 Å². The van der Waals surface area contributed by atoms with Crippen LogP contribution in [-0.2, 0) is 13.2 Å². The monoisotopic (exact) mass is 171 g/mol. The number of aliphatic hydroxyl groups is 2. The predicted octanol–water partition coefficient (Wildman–Crippen LogP) is 0.393. The molecule has 12 heavy (non-hydrogen) atoms. The number of aliphatic hydroxyl groups excluding tert-OH is 2. The van der Waals surface area contributed by atoms with Crippen molar-refractivity contribution in [2.75, 3.05) is 5.73 Å². The van der Waals surface area contributed by atoms with Gasteiger partial charge in [-0.25, -0.2) is 4.39 Å². The van der Waals surface area contributed by atoms with E-state index in [1.165, 1.54) is 12.1 Å². The molecule has 1 aromatic carbocycles. The van der Waals surface area contributed by atoms with Crippen LogP contribution in [-0.4, -0.2) is 10.2 Å². The summed E-state index contributed by atoms with van der Waals surface area (Å²) in [5, 5.41) is 17.4. The number of halogens is 1. The SMILES string of the molecule is Nc1cc(CO)c(F)c(CO)c1. The fourth-order valence-corrected chi connectivity index (χ4v) is 1.01. The highest BCUT2D eigenvalue weighted by Gasteiger charge is 2.07. The van der Waals surface area contributed by atoms with Crippen molar-refractivity contribution in [2.24, 2.45) is 0 Å². The maximum absolute atomic E-state index is 13.1. The minimum absolute atomic E-state index is 0.110. The highest BCUT2D eigenvalue weighted by Crippen LogP contribution is 2.17. The molecule has 0 bridgehead atoms. The summed E-state index contributed by atoms with van der Waals surface area (Å²) >= 11 is 0. The number of nitrogens with two attached hydrogens (primary N) is 1. The third kappa shape index (κ3) is 1.54. The molecule has 0 spiro atoms. The third-order valence-corrected chi connectivity index (χ3v) is 1.59. The molecule has 4 N–H and O–H groups in total.